The zero-order valence-corrected chi connectivity index (χ0v) is 15.8. The first kappa shape index (κ1) is 18.0. The third-order valence-corrected chi connectivity index (χ3v) is 5.50. The standard InChI is InChI=1S/C18H20ClN3O2S/c1-10-7-8-12(19)9-15(10)20-16(23)11(2)25-18-21-14-6-4-3-5-13(14)17(24)22-18/h7-9,11H,3-6H2,1-2H3,(H,20,23)(H,21,22,24)/t11-/m0/s1. The van der Waals surface area contributed by atoms with Crippen molar-refractivity contribution in [2.24, 2.45) is 0 Å². The number of anilines is 1. The number of aryl methyl sites for hydroxylation is 2. The minimum absolute atomic E-state index is 0.0782. The normalized spacial score (nSPS) is 14.7. The van der Waals surface area contributed by atoms with Gasteiger partial charge in [0, 0.05) is 16.3 Å². The Morgan fingerprint density at radius 1 is 1.36 bits per heavy atom. The number of amides is 1. The highest BCUT2D eigenvalue weighted by molar-refractivity contribution is 8.00. The Morgan fingerprint density at radius 3 is 2.92 bits per heavy atom. The SMILES string of the molecule is Cc1ccc(Cl)cc1NC(=O)[C@H](C)Sc1nc2c(c(=O)[nH]1)CCCC2. The van der Waals surface area contributed by atoms with Crippen LogP contribution in [0.4, 0.5) is 5.69 Å². The van der Waals surface area contributed by atoms with Gasteiger partial charge in [-0.15, -0.1) is 0 Å². The number of benzene rings is 1. The molecule has 0 radical (unpaired) electrons. The van der Waals surface area contributed by atoms with Crippen LogP contribution >= 0.6 is 23.4 Å². The van der Waals surface area contributed by atoms with Crippen LogP contribution in [0.5, 0.6) is 0 Å². The Bertz CT molecular complexity index is 866. The minimum atomic E-state index is -0.400. The predicted molar refractivity (Wildman–Crippen MR) is 102 cm³/mol. The van der Waals surface area contributed by atoms with Gasteiger partial charge in [-0.25, -0.2) is 4.98 Å². The van der Waals surface area contributed by atoms with Gasteiger partial charge >= 0.3 is 0 Å². The van der Waals surface area contributed by atoms with Crippen LogP contribution in [0.15, 0.2) is 28.2 Å². The number of carbonyl (C=O) groups is 1. The molecule has 0 fully saturated rings. The number of H-pyrrole nitrogens is 1. The zero-order valence-electron chi connectivity index (χ0n) is 14.2. The summed E-state index contributed by atoms with van der Waals surface area (Å²) in [5, 5.41) is 3.55. The first-order chi connectivity index (χ1) is 11.9. The van der Waals surface area contributed by atoms with Crippen molar-refractivity contribution in [3.63, 3.8) is 0 Å². The van der Waals surface area contributed by atoms with Gasteiger partial charge in [0.05, 0.1) is 10.9 Å². The Kier molecular flexibility index (Phi) is 5.49. The highest BCUT2D eigenvalue weighted by Gasteiger charge is 2.20. The monoisotopic (exact) mass is 377 g/mol. The number of hydrogen-bond acceptors (Lipinski definition) is 4. The molecule has 1 atom stereocenters. The Hall–Kier alpha value is -1.79. The number of aromatic nitrogens is 2. The van der Waals surface area contributed by atoms with Crippen LogP contribution in [0.25, 0.3) is 0 Å². The maximum atomic E-state index is 12.5. The van der Waals surface area contributed by atoms with Crippen molar-refractivity contribution < 1.29 is 4.79 Å². The zero-order chi connectivity index (χ0) is 18.0. The van der Waals surface area contributed by atoms with Gasteiger partial charge in [-0.1, -0.05) is 29.4 Å². The van der Waals surface area contributed by atoms with E-state index in [2.05, 4.69) is 15.3 Å². The summed E-state index contributed by atoms with van der Waals surface area (Å²) in [6.07, 6.45) is 3.70. The highest BCUT2D eigenvalue weighted by Crippen LogP contribution is 2.25. The molecule has 0 saturated heterocycles. The molecule has 0 unspecified atom stereocenters. The molecule has 0 bridgehead atoms. The van der Waals surface area contributed by atoms with Crippen molar-refractivity contribution in [1.29, 1.82) is 0 Å². The van der Waals surface area contributed by atoms with Crippen molar-refractivity contribution in [3.8, 4) is 0 Å². The fourth-order valence-corrected chi connectivity index (χ4v) is 3.81. The molecule has 1 aliphatic carbocycles. The molecule has 0 saturated carbocycles. The molecule has 2 N–H and O–H groups in total. The van der Waals surface area contributed by atoms with Crippen molar-refractivity contribution in [2.75, 3.05) is 5.32 Å². The number of nitrogens with one attached hydrogen (secondary N) is 2. The van der Waals surface area contributed by atoms with E-state index in [9.17, 15) is 9.59 Å². The van der Waals surface area contributed by atoms with Gasteiger partial charge in [-0.05, 0) is 57.2 Å². The summed E-state index contributed by atoms with van der Waals surface area (Å²) in [5.41, 5.74) is 3.22. The van der Waals surface area contributed by atoms with Gasteiger partial charge in [-0.2, -0.15) is 0 Å². The molecule has 25 heavy (non-hydrogen) atoms. The van der Waals surface area contributed by atoms with Crippen molar-refractivity contribution in [1.82, 2.24) is 9.97 Å². The number of hydrogen-bond donors (Lipinski definition) is 2. The van der Waals surface area contributed by atoms with Gasteiger partial charge in [0.15, 0.2) is 5.16 Å². The summed E-state index contributed by atoms with van der Waals surface area (Å²) in [6.45, 7) is 3.70. The number of rotatable bonds is 4. The van der Waals surface area contributed by atoms with Crippen molar-refractivity contribution >= 4 is 35.0 Å². The van der Waals surface area contributed by atoms with E-state index in [0.29, 0.717) is 15.9 Å². The van der Waals surface area contributed by atoms with Gasteiger partial charge in [0.25, 0.3) is 5.56 Å². The number of nitrogens with zero attached hydrogens (tertiary/aromatic N) is 1. The average Bonchev–Trinajstić information content (AvgIpc) is 2.58. The smallest absolute Gasteiger partial charge is 0.254 e. The molecule has 1 aliphatic rings. The Balaban J connectivity index is 1.72. The summed E-state index contributed by atoms with van der Waals surface area (Å²) in [5.74, 6) is -0.157. The molecule has 3 rings (SSSR count). The van der Waals surface area contributed by atoms with E-state index >= 15 is 0 Å². The van der Waals surface area contributed by atoms with Crippen LogP contribution in [0, 0.1) is 6.92 Å². The van der Waals surface area contributed by atoms with E-state index in [1.807, 2.05) is 13.0 Å². The predicted octanol–water partition coefficient (Wildman–Crippen LogP) is 3.73. The lowest BCUT2D eigenvalue weighted by molar-refractivity contribution is -0.115. The molecule has 0 aliphatic heterocycles. The van der Waals surface area contributed by atoms with Crippen LogP contribution in [0.2, 0.25) is 5.02 Å². The summed E-state index contributed by atoms with van der Waals surface area (Å²) < 4.78 is 0. The molecule has 1 amide bonds. The van der Waals surface area contributed by atoms with Crippen molar-refractivity contribution in [2.45, 2.75) is 49.9 Å². The lowest BCUT2D eigenvalue weighted by atomic mass is 9.97. The van der Waals surface area contributed by atoms with Gasteiger partial charge in [0.2, 0.25) is 5.91 Å². The first-order valence-corrected chi connectivity index (χ1v) is 9.55. The van der Waals surface area contributed by atoms with E-state index in [-0.39, 0.29) is 11.5 Å². The molecular weight excluding hydrogens is 358 g/mol. The molecule has 132 valence electrons. The maximum absolute atomic E-state index is 12.5. The fourth-order valence-electron chi connectivity index (χ4n) is 2.82. The van der Waals surface area contributed by atoms with E-state index in [4.69, 9.17) is 11.6 Å². The quantitative estimate of drug-likeness (QED) is 0.628. The van der Waals surface area contributed by atoms with E-state index in [0.717, 1.165) is 42.5 Å². The molecule has 7 heteroatoms. The lowest BCUT2D eigenvalue weighted by Gasteiger charge is -2.16. The molecule has 1 aromatic carbocycles. The second kappa shape index (κ2) is 7.62. The number of aromatic amines is 1. The number of thioether (sulfide) groups is 1. The van der Waals surface area contributed by atoms with Crippen LogP contribution in [0.3, 0.4) is 0 Å². The second-order valence-electron chi connectivity index (χ2n) is 6.21. The fraction of sp³-hybridized carbons (Fsp3) is 0.389. The summed E-state index contributed by atoms with van der Waals surface area (Å²) in [6, 6.07) is 5.37. The highest BCUT2D eigenvalue weighted by atomic mass is 35.5. The van der Waals surface area contributed by atoms with E-state index < -0.39 is 5.25 Å². The maximum Gasteiger partial charge on any atom is 0.254 e. The molecule has 0 spiro atoms. The van der Waals surface area contributed by atoms with E-state index in [1.54, 1.807) is 19.1 Å². The molecule has 1 heterocycles. The molecular formula is C18H20ClN3O2S. The topological polar surface area (TPSA) is 74.8 Å². The second-order valence-corrected chi connectivity index (χ2v) is 7.98. The third kappa shape index (κ3) is 4.25. The summed E-state index contributed by atoms with van der Waals surface area (Å²) in [7, 11) is 0. The Morgan fingerprint density at radius 2 is 2.12 bits per heavy atom. The van der Waals surface area contributed by atoms with Gasteiger partial charge in [-0.3, -0.25) is 9.59 Å². The van der Waals surface area contributed by atoms with Crippen LogP contribution < -0.4 is 10.9 Å². The van der Waals surface area contributed by atoms with Crippen LogP contribution in [-0.2, 0) is 17.6 Å². The summed E-state index contributed by atoms with van der Waals surface area (Å²) in [4.78, 5) is 32.0. The largest absolute Gasteiger partial charge is 0.325 e. The number of halogens is 1. The number of fused-ring (bicyclic) bond motifs is 1. The van der Waals surface area contributed by atoms with Crippen molar-refractivity contribution in [3.05, 3.63) is 50.4 Å². The molecule has 1 aromatic heterocycles. The third-order valence-electron chi connectivity index (χ3n) is 4.28. The molecule has 2 aromatic rings. The summed E-state index contributed by atoms with van der Waals surface area (Å²) >= 11 is 7.24. The lowest BCUT2D eigenvalue weighted by Crippen LogP contribution is -2.25. The van der Waals surface area contributed by atoms with E-state index in [1.165, 1.54) is 11.8 Å². The minimum Gasteiger partial charge on any atom is -0.325 e. The van der Waals surface area contributed by atoms with Gasteiger partial charge in [0.1, 0.15) is 0 Å². The van der Waals surface area contributed by atoms with Crippen LogP contribution in [0.1, 0.15) is 36.6 Å². The first-order valence-electron chi connectivity index (χ1n) is 8.30. The average molecular weight is 378 g/mol. The van der Waals surface area contributed by atoms with Crippen LogP contribution in [-0.4, -0.2) is 21.1 Å². The Labute approximate surface area is 155 Å². The van der Waals surface area contributed by atoms with Gasteiger partial charge < -0.3 is 10.3 Å². The molecule has 5 nitrogen and oxygen atoms in total. The number of carbonyl (C=O) groups excluding carboxylic acids is 1.